The van der Waals surface area contributed by atoms with Gasteiger partial charge in [0.2, 0.25) is 0 Å². The summed E-state index contributed by atoms with van der Waals surface area (Å²) < 4.78 is 0. The molecule has 0 fully saturated rings. The van der Waals surface area contributed by atoms with E-state index in [1.54, 1.807) is 19.1 Å². The van der Waals surface area contributed by atoms with Gasteiger partial charge in [-0.25, -0.2) is 0 Å². The van der Waals surface area contributed by atoms with Crippen molar-refractivity contribution in [3.05, 3.63) is 33.8 Å². The van der Waals surface area contributed by atoms with E-state index in [0.29, 0.717) is 16.5 Å². The molecule has 1 rings (SSSR count). The van der Waals surface area contributed by atoms with E-state index in [4.69, 9.17) is 28.3 Å². The number of carboxylic acid groups (broad SMARTS) is 1. The van der Waals surface area contributed by atoms with Crippen LogP contribution in [0.2, 0.25) is 10.0 Å². The molecule has 3 nitrogen and oxygen atoms in total. The third-order valence-electron chi connectivity index (χ3n) is 2.83. The Hall–Kier alpha value is -0.770. The summed E-state index contributed by atoms with van der Waals surface area (Å²) in [4.78, 5) is 10.8. The highest BCUT2D eigenvalue weighted by atomic mass is 35.5. The molecular formula is C13H17Cl2NO2. The minimum atomic E-state index is -0.851. The third-order valence-corrected chi connectivity index (χ3v) is 3.42. The Morgan fingerprint density at radius 2 is 2.11 bits per heavy atom. The molecule has 0 aliphatic rings. The van der Waals surface area contributed by atoms with E-state index in [1.807, 2.05) is 13.0 Å². The van der Waals surface area contributed by atoms with Crippen molar-refractivity contribution in [3.8, 4) is 0 Å². The van der Waals surface area contributed by atoms with E-state index < -0.39 is 12.0 Å². The van der Waals surface area contributed by atoms with Gasteiger partial charge >= 0.3 is 5.97 Å². The molecule has 0 aliphatic carbocycles. The first-order valence-electron chi connectivity index (χ1n) is 5.86. The second-order valence-electron chi connectivity index (χ2n) is 4.27. The molecule has 5 heteroatoms. The molecule has 0 saturated heterocycles. The zero-order valence-electron chi connectivity index (χ0n) is 10.4. The number of hydrogen-bond acceptors (Lipinski definition) is 2. The second-order valence-corrected chi connectivity index (χ2v) is 5.12. The Bertz CT molecular complexity index is 423. The fourth-order valence-corrected chi connectivity index (χ4v) is 2.18. The van der Waals surface area contributed by atoms with Gasteiger partial charge in [-0.3, -0.25) is 4.79 Å². The van der Waals surface area contributed by atoms with Crippen LogP contribution in [0.25, 0.3) is 0 Å². The van der Waals surface area contributed by atoms with Gasteiger partial charge in [0.15, 0.2) is 0 Å². The standard InChI is InChI=1S/C13H17Cl2NO2/c1-3-11(16-8(2)13(17)18)6-9-4-5-10(14)7-12(9)15/h4-5,7-8,11,16H,3,6H2,1-2H3,(H,17,18). The van der Waals surface area contributed by atoms with Crippen molar-refractivity contribution in [1.82, 2.24) is 5.32 Å². The highest BCUT2D eigenvalue weighted by Gasteiger charge is 2.16. The van der Waals surface area contributed by atoms with Crippen LogP contribution >= 0.6 is 23.2 Å². The largest absolute Gasteiger partial charge is 0.480 e. The van der Waals surface area contributed by atoms with Crippen LogP contribution < -0.4 is 5.32 Å². The van der Waals surface area contributed by atoms with Gasteiger partial charge in [-0.2, -0.15) is 0 Å². The summed E-state index contributed by atoms with van der Waals surface area (Å²) in [5, 5.41) is 13.2. The Morgan fingerprint density at radius 3 is 2.61 bits per heavy atom. The number of halogens is 2. The highest BCUT2D eigenvalue weighted by Crippen LogP contribution is 2.22. The predicted molar refractivity (Wildman–Crippen MR) is 74.5 cm³/mol. The monoisotopic (exact) mass is 289 g/mol. The number of nitrogens with one attached hydrogen (secondary N) is 1. The first kappa shape index (κ1) is 15.3. The molecule has 0 amide bonds. The molecular weight excluding hydrogens is 273 g/mol. The summed E-state index contributed by atoms with van der Waals surface area (Å²) in [5.74, 6) is -0.851. The molecule has 2 atom stereocenters. The molecule has 0 saturated carbocycles. The maximum Gasteiger partial charge on any atom is 0.320 e. The van der Waals surface area contributed by atoms with Crippen molar-refractivity contribution in [1.29, 1.82) is 0 Å². The molecule has 1 aromatic rings. The Morgan fingerprint density at radius 1 is 1.44 bits per heavy atom. The highest BCUT2D eigenvalue weighted by molar-refractivity contribution is 6.35. The fourth-order valence-electron chi connectivity index (χ4n) is 1.70. The number of carbonyl (C=O) groups is 1. The quantitative estimate of drug-likeness (QED) is 0.844. The van der Waals surface area contributed by atoms with Crippen LogP contribution in [-0.2, 0) is 11.2 Å². The minimum absolute atomic E-state index is 0.0785. The molecule has 0 spiro atoms. The van der Waals surface area contributed by atoms with E-state index in [1.165, 1.54) is 0 Å². The molecule has 0 aromatic heterocycles. The fraction of sp³-hybridized carbons (Fsp3) is 0.462. The van der Waals surface area contributed by atoms with Crippen molar-refractivity contribution in [2.75, 3.05) is 0 Å². The Labute approximate surface area is 117 Å². The molecule has 0 aliphatic heterocycles. The summed E-state index contributed by atoms with van der Waals surface area (Å²) >= 11 is 11.9. The summed E-state index contributed by atoms with van der Waals surface area (Å²) in [6, 6.07) is 4.87. The lowest BCUT2D eigenvalue weighted by Gasteiger charge is -2.20. The van der Waals surface area contributed by atoms with Gasteiger partial charge in [0.05, 0.1) is 0 Å². The first-order valence-corrected chi connectivity index (χ1v) is 6.62. The van der Waals surface area contributed by atoms with Gasteiger partial charge < -0.3 is 10.4 Å². The molecule has 18 heavy (non-hydrogen) atoms. The van der Waals surface area contributed by atoms with Crippen LogP contribution in [0.1, 0.15) is 25.8 Å². The summed E-state index contributed by atoms with van der Waals surface area (Å²) in [6.45, 7) is 3.64. The van der Waals surface area contributed by atoms with Crippen LogP contribution in [0.5, 0.6) is 0 Å². The third kappa shape index (κ3) is 4.48. The molecule has 0 radical (unpaired) electrons. The normalized spacial score (nSPS) is 14.2. The van der Waals surface area contributed by atoms with Crippen LogP contribution in [0.4, 0.5) is 0 Å². The van der Waals surface area contributed by atoms with E-state index in [0.717, 1.165) is 12.0 Å². The number of carboxylic acids is 1. The number of aliphatic carboxylic acids is 1. The summed E-state index contributed by atoms with van der Waals surface area (Å²) in [7, 11) is 0. The van der Waals surface area contributed by atoms with Crippen molar-refractivity contribution in [3.63, 3.8) is 0 Å². The van der Waals surface area contributed by atoms with Crippen LogP contribution in [0, 0.1) is 0 Å². The average molecular weight is 290 g/mol. The van der Waals surface area contributed by atoms with Crippen LogP contribution in [0.3, 0.4) is 0 Å². The van der Waals surface area contributed by atoms with Crippen LogP contribution in [-0.4, -0.2) is 23.2 Å². The van der Waals surface area contributed by atoms with Crippen molar-refractivity contribution >= 4 is 29.2 Å². The van der Waals surface area contributed by atoms with Crippen molar-refractivity contribution in [2.45, 2.75) is 38.8 Å². The Balaban J connectivity index is 2.70. The zero-order chi connectivity index (χ0) is 13.7. The van der Waals surface area contributed by atoms with Crippen LogP contribution in [0.15, 0.2) is 18.2 Å². The van der Waals surface area contributed by atoms with Gasteiger partial charge in [-0.1, -0.05) is 36.2 Å². The van der Waals surface area contributed by atoms with Gasteiger partial charge in [0.25, 0.3) is 0 Å². The molecule has 2 unspecified atom stereocenters. The van der Waals surface area contributed by atoms with E-state index in [-0.39, 0.29) is 6.04 Å². The van der Waals surface area contributed by atoms with Gasteiger partial charge in [-0.15, -0.1) is 0 Å². The van der Waals surface area contributed by atoms with Gasteiger partial charge in [-0.05, 0) is 37.5 Å². The SMILES string of the molecule is CCC(Cc1ccc(Cl)cc1Cl)NC(C)C(=O)O. The number of rotatable bonds is 6. The molecule has 2 N–H and O–H groups in total. The molecule has 0 heterocycles. The van der Waals surface area contributed by atoms with E-state index in [2.05, 4.69) is 5.32 Å². The first-order chi connectivity index (χ1) is 8.43. The lowest BCUT2D eigenvalue weighted by Crippen LogP contribution is -2.42. The van der Waals surface area contributed by atoms with Gasteiger partial charge in [0, 0.05) is 16.1 Å². The van der Waals surface area contributed by atoms with Crippen molar-refractivity contribution < 1.29 is 9.90 Å². The van der Waals surface area contributed by atoms with Gasteiger partial charge in [0.1, 0.15) is 6.04 Å². The topological polar surface area (TPSA) is 49.3 Å². The maximum absolute atomic E-state index is 10.8. The predicted octanol–water partition coefficient (Wildman–Crippen LogP) is 3.38. The summed E-state index contributed by atoms with van der Waals surface area (Å²) in [5.41, 5.74) is 0.970. The minimum Gasteiger partial charge on any atom is -0.480 e. The summed E-state index contributed by atoms with van der Waals surface area (Å²) in [6.07, 6.45) is 1.51. The lowest BCUT2D eigenvalue weighted by molar-refractivity contribution is -0.139. The average Bonchev–Trinajstić information content (AvgIpc) is 2.31. The number of hydrogen-bond donors (Lipinski definition) is 2. The van der Waals surface area contributed by atoms with E-state index in [9.17, 15) is 4.79 Å². The molecule has 1 aromatic carbocycles. The Kier molecular flexibility index (Phi) is 5.93. The van der Waals surface area contributed by atoms with E-state index >= 15 is 0 Å². The zero-order valence-corrected chi connectivity index (χ0v) is 11.9. The molecule has 100 valence electrons. The lowest BCUT2D eigenvalue weighted by atomic mass is 10.0. The second kappa shape index (κ2) is 6.98. The van der Waals surface area contributed by atoms with Crippen molar-refractivity contribution in [2.24, 2.45) is 0 Å². The number of benzene rings is 1. The molecule has 0 bridgehead atoms. The smallest absolute Gasteiger partial charge is 0.320 e. The maximum atomic E-state index is 10.8.